The maximum absolute atomic E-state index is 11.3. The summed E-state index contributed by atoms with van der Waals surface area (Å²) in [6.07, 6.45) is 3.55. The summed E-state index contributed by atoms with van der Waals surface area (Å²) in [4.78, 5) is 14.4. The molecule has 10 heteroatoms. The Morgan fingerprint density at radius 1 is 1.29 bits per heavy atom. The lowest BCUT2D eigenvalue weighted by Crippen LogP contribution is -2.12. The van der Waals surface area contributed by atoms with Gasteiger partial charge in [0.2, 0.25) is 10.0 Å². The van der Waals surface area contributed by atoms with Crippen LogP contribution in [0.2, 0.25) is 0 Å². The highest BCUT2D eigenvalue weighted by Gasteiger charge is 2.20. The molecule has 9 nitrogen and oxygen atoms in total. The average Bonchev–Trinajstić information content (AvgIpc) is 2.94. The van der Waals surface area contributed by atoms with Crippen molar-refractivity contribution in [1.29, 1.82) is 0 Å². The standard InChI is InChI=1S/C14H12N4O5S/c15-24(21,22)11-4-5-13(12(7-11)18(19)20)23-9-10-8-17-6-2-1-3-14(17)16-10/h1-8H,9H2,(H2,15,21,22). The van der Waals surface area contributed by atoms with E-state index in [1.54, 1.807) is 10.6 Å². The topological polar surface area (TPSA) is 130 Å². The molecule has 0 aliphatic heterocycles. The van der Waals surface area contributed by atoms with E-state index in [0.717, 1.165) is 17.8 Å². The maximum Gasteiger partial charge on any atom is 0.312 e. The van der Waals surface area contributed by atoms with E-state index < -0.39 is 20.6 Å². The van der Waals surface area contributed by atoms with Crippen LogP contribution in [0.1, 0.15) is 5.69 Å². The molecule has 2 aromatic heterocycles. The highest BCUT2D eigenvalue weighted by atomic mass is 32.2. The van der Waals surface area contributed by atoms with Gasteiger partial charge in [0.1, 0.15) is 12.3 Å². The molecule has 0 bridgehead atoms. The highest BCUT2D eigenvalue weighted by Crippen LogP contribution is 2.30. The first kappa shape index (κ1) is 15.9. The van der Waals surface area contributed by atoms with Crippen LogP contribution >= 0.6 is 0 Å². The van der Waals surface area contributed by atoms with Crippen molar-refractivity contribution in [2.24, 2.45) is 5.14 Å². The van der Waals surface area contributed by atoms with Gasteiger partial charge in [-0.05, 0) is 24.3 Å². The number of nitro groups is 1. The van der Waals surface area contributed by atoms with Crippen LogP contribution in [-0.4, -0.2) is 22.7 Å². The first-order chi connectivity index (χ1) is 11.3. The normalized spacial score (nSPS) is 11.5. The summed E-state index contributed by atoms with van der Waals surface area (Å²) in [5.74, 6) is -0.0653. The Kier molecular flexibility index (Phi) is 3.91. The van der Waals surface area contributed by atoms with Crippen molar-refractivity contribution < 1.29 is 18.1 Å². The summed E-state index contributed by atoms with van der Waals surface area (Å²) in [7, 11) is -4.04. The molecule has 124 valence electrons. The molecule has 0 aliphatic carbocycles. The monoisotopic (exact) mass is 348 g/mol. The number of nitro benzene ring substituents is 1. The minimum absolute atomic E-state index is 0.00274. The Morgan fingerprint density at radius 3 is 2.75 bits per heavy atom. The molecule has 0 unspecified atom stereocenters. The van der Waals surface area contributed by atoms with Crippen molar-refractivity contribution in [3.8, 4) is 5.75 Å². The van der Waals surface area contributed by atoms with Gasteiger partial charge in [-0.1, -0.05) is 6.07 Å². The number of ether oxygens (including phenoxy) is 1. The van der Waals surface area contributed by atoms with Gasteiger partial charge < -0.3 is 9.14 Å². The summed E-state index contributed by atoms with van der Waals surface area (Å²) >= 11 is 0. The molecule has 0 spiro atoms. The molecule has 0 atom stereocenters. The second-order valence-corrected chi connectivity index (χ2v) is 6.48. The van der Waals surface area contributed by atoms with E-state index in [2.05, 4.69) is 4.98 Å². The third kappa shape index (κ3) is 3.19. The number of hydrogen-bond acceptors (Lipinski definition) is 6. The molecule has 24 heavy (non-hydrogen) atoms. The molecule has 3 rings (SSSR count). The lowest BCUT2D eigenvalue weighted by atomic mass is 10.3. The predicted molar refractivity (Wildman–Crippen MR) is 84.0 cm³/mol. The number of nitrogens with zero attached hydrogens (tertiary/aromatic N) is 3. The number of aromatic nitrogens is 2. The zero-order chi connectivity index (χ0) is 17.3. The number of nitrogens with two attached hydrogens (primary N) is 1. The van der Waals surface area contributed by atoms with Crippen LogP contribution in [-0.2, 0) is 16.6 Å². The van der Waals surface area contributed by atoms with Crippen molar-refractivity contribution in [2.45, 2.75) is 11.5 Å². The molecule has 0 fully saturated rings. The Hall–Kier alpha value is -2.98. The summed E-state index contributed by atoms with van der Waals surface area (Å²) in [6, 6.07) is 8.72. The first-order valence-electron chi connectivity index (χ1n) is 6.71. The fourth-order valence-electron chi connectivity index (χ4n) is 2.15. The zero-order valence-electron chi connectivity index (χ0n) is 12.2. The zero-order valence-corrected chi connectivity index (χ0v) is 13.0. The fraction of sp³-hybridized carbons (Fsp3) is 0.0714. The molecule has 0 saturated heterocycles. The van der Waals surface area contributed by atoms with E-state index >= 15 is 0 Å². The van der Waals surface area contributed by atoms with Gasteiger partial charge in [-0.3, -0.25) is 10.1 Å². The molecule has 2 N–H and O–H groups in total. The lowest BCUT2D eigenvalue weighted by molar-refractivity contribution is -0.386. The van der Waals surface area contributed by atoms with Gasteiger partial charge in [0, 0.05) is 18.5 Å². The number of benzene rings is 1. The summed E-state index contributed by atoms with van der Waals surface area (Å²) in [5.41, 5.74) is 0.812. The van der Waals surface area contributed by atoms with E-state index in [9.17, 15) is 18.5 Å². The van der Waals surface area contributed by atoms with Crippen LogP contribution in [0.3, 0.4) is 0 Å². The Bertz CT molecular complexity index is 996. The SMILES string of the molecule is NS(=O)(=O)c1ccc(OCc2cn3ccccc3n2)c([N+](=O)[O-])c1. The lowest BCUT2D eigenvalue weighted by Gasteiger charge is -2.06. The van der Waals surface area contributed by atoms with Crippen molar-refractivity contribution in [3.05, 3.63) is 64.6 Å². The second kappa shape index (κ2) is 5.91. The van der Waals surface area contributed by atoms with E-state index in [1.807, 2.05) is 24.4 Å². The molecular weight excluding hydrogens is 336 g/mol. The fourth-order valence-corrected chi connectivity index (χ4v) is 2.68. The summed E-state index contributed by atoms with van der Waals surface area (Å²) in [5, 5.41) is 16.1. The van der Waals surface area contributed by atoms with Gasteiger partial charge in [0.25, 0.3) is 0 Å². The van der Waals surface area contributed by atoms with Crippen molar-refractivity contribution in [2.75, 3.05) is 0 Å². The molecule has 0 radical (unpaired) electrons. The predicted octanol–water partition coefficient (Wildman–Crippen LogP) is 1.47. The van der Waals surface area contributed by atoms with E-state index in [0.29, 0.717) is 5.69 Å². The Balaban J connectivity index is 1.87. The van der Waals surface area contributed by atoms with Crippen molar-refractivity contribution in [1.82, 2.24) is 9.38 Å². The van der Waals surface area contributed by atoms with Gasteiger partial charge >= 0.3 is 5.69 Å². The van der Waals surface area contributed by atoms with Gasteiger partial charge in [-0.2, -0.15) is 0 Å². The quantitative estimate of drug-likeness (QED) is 0.549. The Morgan fingerprint density at radius 2 is 2.08 bits per heavy atom. The van der Waals surface area contributed by atoms with Crippen LogP contribution in [0.15, 0.2) is 53.7 Å². The van der Waals surface area contributed by atoms with Crippen LogP contribution < -0.4 is 9.88 Å². The smallest absolute Gasteiger partial charge is 0.312 e. The number of hydrogen-bond donors (Lipinski definition) is 1. The molecular formula is C14H12N4O5S. The first-order valence-corrected chi connectivity index (χ1v) is 8.26. The van der Waals surface area contributed by atoms with Crippen LogP contribution in [0.5, 0.6) is 5.75 Å². The number of rotatable bonds is 5. The molecule has 1 aromatic carbocycles. The van der Waals surface area contributed by atoms with Crippen molar-refractivity contribution in [3.63, 3.8) is 0 Å². The molecule has 0 amide bonds. The van der Waals surface area contributed by atoms with E-state index in [-0.39, 0.29) is 17.3 Å². The third-order valence-electron chi connectivity index (χ3n) is 3.25. The van der Waals surface area contributed by atoms with Gasteiger partial charge in [0.15, 0.2) is 5.75 Å². The largest absolute Gasteiger partial charge is 0.480 e. The summed E-state index contributed by atoms with van der Waals surface area (Å²) < 4.78 is 29.8. The van der Waals surface area contributed by atoms with E-state index in [1.165, 1.54) is 6.07 Å². The minimum atomic E-state index is -4.04. The van der Waals surface area contributed by atoms with Gasteiger partial charge in [-0.15, -0.1) is 0 Å². The maximum atomic E-state index is 11.3. The molecule has 0 saturated carbocycles. The molecule has 2 heterocycles. The number of sulfonamides is 1. The number of fused-ring (bicyclic) bond motifs is 1. The highest BCUT2D eigenvalue weighted by molar-refractivity contribution is 7.89. The van der Waals surface area contributed by atoms with Gasteiger partial charge in [-0.25, -0.2) is 18.5 Å². The Labute approximate surface area is 136 Å². The molecule has 0 aliphatic rings. The number of imidazole rings is 1. The minimum Gasteiger partial charge on any atom is -0.480 e. The van der Waals surface area contributed by atoms with Crippen LogP contribution in [0.25, 0.3) is 5.65 Å². The summed E-state index contributed by atoms with van der Waals surface area (Å²) in [6.45, 7) is -0.00274. The van der Waals surface area contributed by atoms with E-state index in [4.69, 9.17) is 9.88 Å². The average molecular weight is 348 g/mol. The third-order valence-corrected chi connectivity index (χ3v) is 4.16. The van der Waals surface area contributed by atoms with Crippen LogP contribution in [0, 0.1) is 10.1 Å². The molecule has 3 aromatic rings. The van der Waals surface area contributed by atoms with Gasteiger partial charge in [0.05, 0.1) is 15.5 Å². The van der Waals surface area contributed by atoms with Crippen LogP contribution in [0.4, 0.5) is 5.69 Å². The number of pyridine rings is 1. The second-order valence-electron chi connectivity index (χ2n) is 4.92. The van der Waals surface area contributed by atoms with Crippen molar-refractivity contribution >= 4 is 21.4 Å². The number of primary sulfonamides is 1.